The first-order chi connectivity index (χ1) is 7.88. The second-order valence-corrected chi connectivity index (χ2v) is 5.44. The molecule has 1 N–H and O–H groups in total. The molecule has 0 spiro atoms. The minimum absolute atomic E-state index is 0. The minimum atomic E-state index is 0. The summed E-state index contributed by atoms with van der Waals surface area (Å²) in [5.41, 5.74) is 0. The summed E-state index contributed by atoms with van der Waals surface area (Å²) in [6.07, 6.45) is 5.49. The first kappa shape index (κ1) is 15.2. The molecule has 2 fully saturated rings. The van der Waals surface area contributed by atoms with Gasteiger partial charge in [0.25, 0.3) is 0 Å². The molecule has 2 atom stereocenters. The van der Waals surface area contributed by atoms with Crippen LogP contribution in [0.2, 0.25) is 0 Å². The molecule has 2 rings (SSSR count). The van der Waals surface area contributed by atoms with Crippen LogP contribution in [-0.4, -0.2) is 51.3 Å². The van der Waals surface area contributed by atoms with Crippen molar-refractivity contribution in [1.29, 1.82) is 0 Å². The molecule has 0 aromatic rings. The number of ether oxygens (including phenoxy) is 1. The Balaban J connectivity index is 0.00000144. The maximum Gasteiger partial charge on any atom is 0.0502 e. The van der Waals surface area contributed by atoms with E-state index in [-0.39, 0.29) is 12.4 Å². The predicted molar refractivity (Wildman–Crippen MR) is 73.9 cm³/mol. The fraction of sp³-hybridized carbons (Fsp3) is 1.00. The van der Waals surface area contributed by atoms with Crippen LogP contribution in [0, 0.1) is 11.8 Å². The molecule has 0 saturated carbocycles. The Bertz CT molecular complexity index is 196. The summed E-state index contributed by atoms with van der Waals surface area (Å²) in [6.45, 7) is 7.25. The van der Waals surface area contributed by atoms with Crippen molar-refractivity contribution in [3.05, 3.63) is 0 Å². The molecule has 102 valence electrons. The molecule has 2 aliphatic heterocycles. The van der Waals surface area contributed by atoms with Crippen LogP contribution < -0.4 is 5.32 Å². The van der Waals surface area contributed by atoms with Gasteiger partial charge in [-0.15, -0.1) is 12.4 Å². The largest absolute Gasteiger partial charge is 0.384 e. The summed E-state index contributed by atoms with van der Waals surface area (Å²) >= 11 is 0. The maximum absolute atomic E-state index is 5.28. The molecule has 2 saturated heterocycles. The number of piperidine rings is 2. The molecule has 0 radical (unpaired) electrons. The summed E-state index contributed by atoms with van der Waals surface area (Å²) in [4.78, 5) is 2.66. The SMILES string of the molecule is COCC1CCCN(CC2CCCNC2)C1.Cl. The third kappa shape index (κ3) is 5.12. The van der Waals surface area contributed by atoms with Crippen LogP contribution >= 0.6 is 12.4 Å². The number of hydrogen-bond donors (Lipinski definition) is 1. The van der Waals surface area contributed by atoms with Crippen LogP contribution in [0.25, 0.3) is 0 Å². The van der Waals surface area contributed by atoms with Gasteiger partial charge in [-0.05, 0) is 57.2 Å². The number of methoxy groups -OCH3 is 1. The monoisotopic (exact) mass is 262 g/mol. The van der Waals surface area contributed by atoms with Gasteiger partial charge in [0.1, 0.15) is 0 Å². The highest BCUT2D eigenvalue weighted by molar-refractivity contribution is 5.85. The molecule has 0 amide bonds. The summed E-state index contributed by atoms with van der Waals surface area (Å²) < 4.78 is 5.28. The number of hydrogen-bond acceptors (Lipinski definition) is 3. The van der Waals surface area contributed by atoms with Crippen LogP contribution in [0.3, 0.4) is 0 Å². The summed E-state index contributed by atoms with van der Waals surface area (Å²) in [7, 11) is 1.82. The molecule has 17 heavy (non-hydrogen) atoms. The van der Waals surface area contributed by atoms with E-state index in [1.807, 2.05) is 7.11 Å². The highest BCUT2D eigenvalue weighted by atomic mass is 35.5. The van der Waals surface area contributed by atoms with Crippen LogP contribution in [0.4, 0.5) is 0 Å². The lowest BCUT2D eigenvalue weighted by molar-refractivity contribution is 0.0800. The average Bonchev–Trinajstić information content (AvgIpc) is 2.31. The number of nitrogens with zero attached hydrogens (tertiary/aromatic N) is 1. The van der Waals surface area contributed by atoms with Crippen molar-refractivity contribution >= 4 is 12.4 Å². The lowest BCUT2D eigenvalue weighted by Gasteiger charge is -2.35. The average molecular weight is 263 g/mol. The Hall–Kier alpha value is 0.170. The van der Waals surface area contributed by atoms with Crippen LogP contribution in [0.1, 0.15) is 25.7 Å². The second-order valence-electron chi connectivity index (χ2n) is 5.44. The minimum Gasteiger partial charge on any atom is -0.384 e. The van der Waals surface area contributed by atoms with Gasteiger partial charge in [-0.25, -0.2) is 0 Å². The second kappa shape index (κ2) is 8.30. The van der Waals surface area contributed by atoms with E-state index in [0.29, 0.717) is 0 Å². The van der Waals surface area contributed by atoms with Crippen molar-refractivity contribution in [3.8, 4) is 0 Å². The quantitative estimate of drug-likeness (QED) is 0.836. The Morgan fingerprint density at radius 2 is 2.06 bits per heavy atom. The van der Waals surface area contributed by atoms with Gasteiger partial charge < -0.3 is 15.0 Å². The zero-order valence-corrected chi connectivity index (χ0v) is 11.8. The Morgan fingerprint density at radius 3 is 2.76 bits per heavy atom. The molecule has 0 bridgehead atoms. The topological polar surface area (TPSA) is 24.5 Å². The third-order valence-electron chi connectivity index (χ3n) is 3.92. The molecule has 2 unspecified atom stereocenters. The normalized spacial score (nSPS) is 30.9. The van der Waals surface area contributed by atoms with Gasteiger partial charge >= 0.3 is 0 Å². The van der Waals surface area contributed by atoms with E-state index >= 15 is 0 Å². The summed E-state index contributed by atoms with van der Waals surface area (Å²) in [5, 5.41) is 3.51. The van der Waals surface area contributed by atoms with Gasteiger partial charge in [-0.2, -0.15) is 0 Å². The smallest absolute Gasteiger partial charge is 0.0502 e. The van der Waals surface area contributed by atoms with Gasteiger partial charge in [0.05, 0.1) is 6.61 Å². The van der Waals surface area contributed by atoms with E-state index in [2.05, 4.69) is 10.2 Å². The molecule has 4 heteroatoms. The van der Waals surface area contributed by atoms with Crippen LogP contribution in [0.5, 0.6) is 0 Å². The van der Waals surface area contributed by atoms with Crippen molar-refractivity contribution < 1.29 is 4.74 Å². The lowest BCUT2D eigenvalue weighted by Crippen LogP contribution is -2.43. The number of likely N-dealkylation sites (tertiary alicyclic amines) is 1. The van der Waals surface area contributed by atoms with E-state index in [1.54, 1.807) is 0 Å². The van der Waals surface area contributed by atoms with Crippen LogP contribution in [-0.2, 0) is 4.74 Å². The number of nitrogens with one attached hydrogen (secondary N) is 1. The van der Waals surface area contributed by atoms with Crippen molar-refractivity contribution in [1.82, 2.24) is 10.2 Å². The highest BCUT2D eigenvalue weighted by Crippen LogP contribution is 2.19. The molecule has 0 aromatic heterocycles. The molecular formula is C13H27ClN2O. The Kier molecular flexibility index (Phi) is 7.44. The van der Waals surface area contributed by atoms with Crippen molar-refractivity contribution in [3.63, 3.8) is 0 Å². The van der Waals surface area contributed by atoms with Gasteiger partial charge in [0, 0.05) is 20.2 Å². The van der Waals surface area contributed by atoms with E-state index in [0.717, 1.165) is 18.4 Å². The highest BCUT2D eigenvalue weighted by Gasteiger charge is 2.23. The number of halogens is 1. The third-order valence-corrected chi connectivity index (χ3v) is 3.92. The van der Waals surface area contributed by atoms with Crippen molar-refractivity contribution in [2.45, 2.75) is 25.7 Å². The molecule has 2 aliphatic rings. The summed E-state index contributed by atoms with van der Waals surface area (Å²) in [6, 6.07) is 0. The predicted octanol–water partition coefficient (Wildman–Crippen LogP) is 1.77. The Morgan fingerprint density at radius 1 is 1.24 bits per heavy atom. The first-order valence-electron chi connectivity index (χ1n) is 6.80. The molecule has 3 nitrogen and oxygen atoms in total. The van der Waals surface area contributed by atoms with Crippen molar-refractivity contribution in [2.24, 2.45) is 11.8 Å². The standard InChI is InChI=1S/C13H26N2O.ClH/c1-16-11-13-5-3-7-15(10-13)9-12-4-2-6-14-8-12;/h12-14H,2-11H2,1H3;1H. The van der Waals surface area contributed by atoms with Gasteiger partial charge in [0.2, 0.25) is 0 Å². The Labute approximate surface area is 112 Å². The number of rotatable bonds is 4. The fourth-order valence-electron chi connectivity index (χ4n) is 3.13. The van der Waals surface area contributed by atoms with E-state index in [1.165, 1.54) is 58.4 Å². The van der Waals surface area contributed by atoms with E-state index < -0.39 is 0 Å². The lowest BCUT2D eigenvalue weighted by atomic mass is 9.95. The van der Waals surface area contributed by atoms with Gasteiger partial charge in [-0.1, -0.05) is 0 Å². The molecule has 2 heterocycles. The van der Waals surface area contributed by atoms with E-state index in [4.69, 9.17) is 4.74 Å². The van der Waals surface area contributed by atoms with E-state index in [9.17, 15) is 0 Å². The van der Waals surface area contributed by atoms with Gasteiger partial charge in [0.15, 0.2) is 0 Å². The van der Waals surface area contributed by atoms with Crippen LogP contribution in [0.15, 0.2) is 0 Å². The van der Waals surface area contributed by atoms with Gasteiger partial charge in [-0.3, -0.25) is 0 Å². The fourth-order valence-corrected chi connectivity index (χ4v) is 3.13. The molecule has 0 aromatic carbocycles. The zero-order valence-electron chi connectivity index (χ0n) is 11.0. The molecule has 0 aliphatic carbocycles. The summed E-state index contributed by atoms with van der Waals surface area (Å²) in [5.74, 6) is 1.66. The van der Waals surface area contributed by atoms with Crippen molar-refractivity contribution in [2.75, 3.05) is 46.4 Å². The molecular weight excluding hydrogens is 236 g/mol. The first-order valence-corrected chi connectivity index (χ1v) is 6.80. The maximum atomic E-state index is 5.28. The zero-order chi connectivity index (χ0) is 11.2.